The van der Waals surface area contributed by atoms with Crippen molar-refractivity contribution in [2.75, 3.05) is 13.7 Å². The molecule has 0 aromatic heterocycles. The molecule has 0 spiro atoms. The van der Waals surface area contributed by atoms with Crippen molar-refractivity contribution >= 4 is 18.5 Å². The molecule has 2 atom stereocenters. The van der Waals surface area contributed by atoms with Crippen LogP contribution in [0.25, 0.3) is 0 Å². The quantitative estimate of drug-likeness (QED) is 0.835. The van der Waals surface area contributed by atoms with Crippen molar-refractivity contribution < 1.29 is 9.53 Å². The number of thiol groups is 1. The van der Waals surface area contributed by atoms with Gasteiger partial charge in [0.25, 0.3) is 0 Å². The molecule has 0 saturated carbocycles. The van der Waals surface area contributed by atoms with Crippen LogP contribution in [0.2, 0.25) is 0 Å². The summed E-state index contributed by atoms with van der Waals surface area (Å²) in [4.78, 5) is 13.7. The number of amides is 1. The van der Waals surface area contributed by atoms with Crippen LogP contribution >= 0.6 is 12.6 Å². The molecule has 1 heterocycles. The van der Waals surface area contributed by atoms with Gasteiger partial charge >= 0.3 is 0 Å². The van der Waals surface area contributed by atoms with Gasteiger partial charge < -0.3 is 9.64 Å². The molecular weight excluding hydrogens is 234 g/mol. The Bertz CT molecular complexity index is 404. The van der Waals surface area contributed by atoms with Crippen molar-refractivity contribution in [3.05, 3.63) is 29.8 Å². The summed E-state index contributed by atoms with van der Waals surface area (Å²) in [6.07, 6.45) is 0.545. The minimum absolute atomic E-state index is 0.102. The number of ether oxygens (including phenoxy) is 1. The normalized spacial score (nSPS) is 21.7. The summed E-state index contributed by atoms with van der Waals surface area (Å²) in [5.74, 6) is 1.02. The van der Waals surface area contributed by atoms with Gasteiger partial charge in [0.15, 0.2) is 0 Å². The van der Waals surface area contributed by atoms with Crippen LogP contribution in [0.15, 0.2) is 24.3 Å². The van der Waals surface area contributed by atoms with E-state index in [2.05, 4.69) is 12.6 Å². The Kier molecular flexibility index (Phi) is 3.62. The van der Waals surface area contributed by atoms with Crippen LogP contribution in [0.4, 0.5) is 0 Å². The van der Waals surface area contributed by atoms with Crippen LogP contribution in [0.5, 0.6) is 5.75 Å². The lowest BCUT2D eigenvalue weighted by atomic mass is 10.1. The highest BCUT2D eigenvalue weighted by atomic mass is 32.1. The maximum Gasteiger partial charge on any atom is 0.224 e. The Morgan fingerprint density at radius 3 is 2.53 bits per heavy atom. The summed E-state index contributed by atoms with van der Waals surface area (Å²) in [5.41, 5.74) is 1.13. The molecule has 2 rings (SSSR count). The molecule has 0 radical (unpaired) electrons. The average molecular weight is 251 g/mol. The molecule has 2 unspecified atom stereocenters. The number of benzene rings is 1. The second-order valence-electron chi connectivity index (χ2n) is 4.35. The van der Waals surface area contributed by atoms with E-state index in [0.29, 0.717) is 6.42 Å². The highest BCUT2D eigenvalue weighted by Gasteiger charge is 2.31. The maximum atomic E-state index is 11.8. The van der Waals surface area contributed by atoms with Crippen LogP contribution in [0.1, 0.15) is 24.9 Å². The summed E-state index contributed by atoms with van der Waals surface area (Å²) in [5, 5.41) is 0.170. The van der Waals surface area contributed by atoms with E-state index < -0.39 is 0 Å². The highest BCUT2D eigenvalue weighted by molar-refractivity contribution is 7.81. The van der Waals surface area contributed by atoms with E-state index in [1.54, 1.807) is 7.11 Å². The number of carbonyl (C=O) groups is 1. The predicted molar refractivity (Wildman–Crippen MR) is 70.5 cm³/mol. The second-order valence-corrected chi connectivity index (χ2v) is 5.08. The standard InChI is InChI=1S/C13H17NO2S/c1-9(14-8-12(17)7-13(14)15)10-3-5-11(16-2)6-4-10/h3-6,9,12,17H,7-8H2,1-2H3. The van der Waals surface area contributed by atoms with Gasteiger partial charge in [-0.2, -0.15) is 12.6 Å². The van der Waals surface area contributed by atoms with Gasteiger partial charge in [0.2, 0.25) is 5.91 Å². The number of carbonyl (C=O) groups excluding carboxylic acids is 1. The van der Waals surface area contributed by atoms with Crippen LogP contribution in [-0.4, -0.2) is 29.7 Å². The minimum atomic E-state index is 0.102. The fraction of sp³-hybridized carbons (Fsp3) is 0.462. The Hall–Kier alpha value is -1.16. The topological polar surface area (TPSA) is 29.5 Å². The van der Waals surface area contributed by atoms with Crippen molar-refractivity contribution in [1.82, 2.24) is 4.90 Å². The molecule has 3 nitrogen and oxygen atoms in total. The molecule has 1 aliphatic rings. The van der Waals surface area contributed by atoms with Crippen LogP contribution in [-0.2, 0) is 4.79 Å². The van der Waals surface area contributed by atoms with Crippen molar-refractivity contribution in [2.24, 2.45) is 0 Å². The Morgan fingerprint density at radius 1 is 1.41 bits per heavy atom. The molecule has 17 heavy (non-hydrogen) atoms. The molecule has 1 aromatic carbocycles. The van der Waals surface area contributed by atoms with E-state index in [4.69, 9.17) is 4.74 Å². The smallest absolute Gasteiger partial charge is 0.224 e. The first-order valence-electron chi connectivity index (χ1n) is 5.73. The van der Waals surface area contributed by atoms with E-state index in [1.165, 1.54) is 0 Å². The largest absolute Gasteiger partial charge is 0.497 e. The van der Waals surface area contributed by atoms with Gasteiger partial charge in [0.1, 0.15) is 5.75 Å². The zero-order valence-corrected chi connectivity index (χ0v) is 11.0. The van der Waals surface area contributed by atoms with Gasteiger partial charge in [-0.1, -0.05) is 12.1 Å². The van der Waals surface area contributed by atoms with E-state index in [1.807, 2.05) is 36.1 Å². The first-order valence-corrected chi connectivity index (χ1v) is 6.25. The van der Waals surface area contributed by atoms with Crippen LogP contribution < -0.4 is 4.74 Å². The van der Waals surface area contributed by atoms with E-state index in [-0.39, 0.29) is 17.2 Å². The number of hydrogen-bond donors (Lipinski definition) is 1. The third kappa shape index (κ3) is 2.57. The van der Waals surface area contributed by atoms with Crippen molar-refractivity contribution in [1.29, 1.82) is 0 Å². The maximum absolute atomic E-state index is 11.8. The van der Waals surface area contributed by atoms with Gasteiger partial charge in [-0.15, -0.1) is 0 Å². The van der Waals surface area contributed by atoms with Crippen LogP contribution in [0, 0.1) is 0 Å². The van der Waals surface area contributed by atoms with Crippen molar-refractivity contribution in [3.63, 3.8) is 0 Å². The first-order chi connectivity index (χ1) is 8.11. The summed E-state index contributed by atoms with van der Waals surface area (Å²) in [7, 11) is 1.65. The molecule has 0 N–H and O–H groups in total. The zero-order chi connectivity index (χ0) is 12.4. The minimum Gasteiger partial charge on any atom is -0.497 e. The first kappa shape index (κ1) is 12.3. The molecule has 0 bridgehead atoms. The Morgan fingerprint density at radius 2 is 2.06 bits per heavy atom. The SMILES string of the molecule is COc1ccc(C(C)N2CC(S)CC2=O)cc1. The number of methoxy groups -OCH3 is 1. The van der Waals surface area contributed by atoms with E-state index in [9.17, 15) is 4.79 Å². The van der Waals surface area contributed by atoms with E-state index >= 15 is 0 Å². The molecule has 1 aliphatic heterocycles. The molecule has 1 amide bonds. The van der Waals surface area contributed by atoms with E-state index in [0.717, 1.165) is 17.9 Å². The molecule has 0 aliphatic carbocycles. The number of hydrogen-bond acceptors (Lipinski definition) is 3. The summed E-state index contributed by atoms with van der Waals surface area (Å²) in [6.45, 7) is 2.78. The molecule has 92 valence electrons. The molecule has 1 aromatic rings. The van der Waals surface area contributed by atoms with Gasteiger partial charge in [-0.05, 0) is 24.6 Å². The van der Waals surface area contributed by atoms with Crippen LogP contribution in [0.3, 0.4) is 0 Å². The Balaban J connectivity index is 2.13. The lowest BCUT2D eigenvalue weighted by Crippen LogP contribution is -2.28. The third-order valence-electron chi connectivity index (χ3n) is 3.20. The lowest BCUT2D eigenvalue weighted by Gasteiger charge is -2.25. The Labute approximate surface area is 107 Å². The lowest BCUT2D eigenvalue weighted by molar-refractivity contribution is -0.129. The molecule has 1 saturated heterocycles. The zero-order valence-electron chi connectivity index (χ0n) is 10.1. The van der Waals surface area contributed by atoms with Gasteiger partial charge in [-0.3, -0.25) is 4.79 Å². The third-order valence-corrected chi connectivity index (χ3v) is 3.55. The van der Waals surface area contributed by atoms with Gasteiger partial charge in [0.05, 0.1) is 13.2 Å². The summed E-state index contributed by atoms with van der Waals surface area (Å²) >= 11 is 4.37. The number of likely N-dealkylation sites (tertiary alicyclic amines) is 1. The fourth-order valence-electron chi connectivity index (χ4n) is 2.15. The summed E-state index contributed by atoms with van der Waals surface area (Å²) < 4.78 is 5.12. The second kappa shape index (κ2) is 5.00. The highest BCUT2D eigenvalue weighted by Crippen LogP contribution is 2.28. The van der Waals surface area contributed by atoms with Gasteiger partial charge in [0, 0.05) is 18.2 Å². The average Bonchev–Trinajstić information content (AvgIpc) is 2.68. The van der Waals surface area contributed by atoms with Crippen molar-refractivity contribution in [3.8, 4) is 5.75 Å². The monoisotopic (exact) mass is 251 g/mol. The fourth-order valence-corrected chi connectivity index (χ4v) is 2.48. The molecule has 1 fully saturated rings. The molecular formula is C13H17NO2S. The molecule has 4 heteroatoms. The predicted octanol–water partition coefficient (Wildman–Crippen LogP) is 2.29. The number of nitrogens with zero attached hydrogens (tertiary/aromatic N) is 1. The number of rotatable bonds is 3. The van der Waals surface area contributed by atoms with Gasteiger partial charge in [-0.25, -0.2) is 0 Å². The summed E-state index contributed by atoms with van der Waals surface area (Å²) in [6, 6.07) is 7.95. The van der Waals surface area contributed by atoms with Crippen molar-refractivity contribution in [2.45, 2.75) is 24.6 Å².